The number of benzene rings is 1. The molecular formula is C11H14O2. The Balaban J connectivity index is 2.90. The topological polar surface area (TPSA) is 26.3 Å². The van der Waals surface area contributed by atoms with Crippen molar-refractivity contribution in [2.75, 3.05) is 6.61 Å². The van der Waals surface area contributed by atoms with Gasteiger partial charge in [0.15, 0.2) is 6.29 Å². The van der Waals surface area contributed by atoms with Gasteiger partial charge in [-0.25, -0.2) is 0 Å². The van der Waals surface area contributed by atoms with Crippen molar-refractivity contribution in [3.8, 4) is 0 Å². The highest BCUT2D eigenvalue weighted by Gasteiger charge is 2.11. The van der Waals surface area contributed by atoms with Crippen molar-refractivity contribution in [3.63, 3.8) is 0 Å². The van der Waals surface area contributed by atoms with Gasteiger partial charge in [-0.3, -0.25) is 0 Å². The summed E-state index contributed by atoms with van der Waals surface area (Å²) in [6.45, 7) is 4.41. The third-order valence-corrected chi connectivity index (χ3v) is 1.96. The smallest absolute Gasteiger partial charge is 0.153 e. The van der Waals surface area contributed by atoms with E-state index in [1.54, 1.807) is 0 Å². The van der Waals surface area contributed by atoms with E-state index in [4.69, 9.17) is 4.74 Å². The summed E-state index contributed by atoms with van der Waals surface area (Å²) in [5.41, 5.74) is 2.05. The molecule has 2 nitrogen and oxygen atoms in total. The summed E-state index contributed by atoms with van der Waals surface area (Å²) >= 11 is 0. The van der Waals surface area contributed by atoms with Gasteiger partial charge in [0.2, 0.25) is 0 Å². The Labute approximate surface area is 78.5 Å². The van der Waals surface area contributed by atoms with E-state index in [-0.39, 0.29) is 0 Å². The predicted octanol–water partition coefficient (Wildman–Crippen LogP) is 2.27. The van der Waals surface area contributed by atoms with Crippen LogP contribution < -0.4 is 0 Å². The molecule has 1 aromatic carbocycles. The van der Waals surface area contributed by atoms with Crippen molar-refractivity contribution >= 4 is 6.29 Å². The molecule has 0 aliphatic rings. The zero-order valence-corrected chi connectivity index (χ0v) is 7.99. The molecule has 1 aromatic rings. The Hall–Kier alpha value is -1.15. The first kappa shape index (κ1) is 9.93. The van der Waals surface area contributed by atoms with Crippen LogP contribution in [0.15, 0.2) is 24.3 Å². The molecule has 0 saturated carbocycles. The summed E-state index contributed by atoms with van der Waals surface area (Å²) in [5.74, 6) is 0. The summed E-state index contributed by atoms with van der Waals surface area (Å²) in [5, 5.41) is 0. The Kier molecular flexibility index (Phi) is 3.65. The number of rotatable bonds is 4. The number of ether oxygens (including phenoxy) is 1. The molecule has 2 heteroatoms. The highest BCUT2D eigenvalue weighted by Crippen LogP contribution is 2.18. The van der Waals surface area contributed by atoms with Crippen LogP contribution in [0.2, 0.25) is 0 Å². The maximum absolute atomic E-state index is 10.7. The molecule has 0 saturated heterocycles. The van der Waals surface area contributed by atoms with Crippen molar-refractivity contribution in [3.05, 3.63) is 35.4 Å². The summed E-state index contributed by atoms with van der Waals surface area (Å²) in [6, 6.07) is 7.76. The van der Waals surface area contributed by atoms with Crippen LogP contribution in [0.1, 0.15) is 24.2 Å². The van der Waals surface area contributed by atoms with Crippen LogP contribution in [0.5, 0.6) is 0 Å². The van der Waals surface area contributed by atoms with Crippen molar-refractivity contribution in [1.82, 2.24) is 0 Å². The fraction of sp³-hybridized carbons (Fsp3) is 0.364. The van der Waals surface area contributed by atoms with Crippen molar-refractivity contribution in [2.24, 2.45) is 0 Å². The van der Waals surface area contributed by atoms with Crippen molar-refractivity contribution < 1.29 is 9.53 Å². The first-order valence-electron chi connectivity index (χ1n) is 4.42. The second-order valence-electron chi connectivity index (χ2n) is 2.87. The van der Waals surface area contributed by atoms with Gasteiger partial charge < -0.3 is 9.53 Å². The molecule has 0 unspecified atom stereocenters. The van der Waals surface area contributed by atoms with Crippen LogP contribution >= 0.6 is 0 Å². The average molecular weight is 178 g/mol. The maximum Gasteiger partial charge on any atom is 0.153 e. The lowest BCUT2D eigenvalue weighted by Gasteiger charge is -2.12. The van der Waals surface area contributed by atoms with E-state index in [2.05, 4.69) is 0 Å². The molecule has 0 N–H and O–H groups in total. The van der Waals surface area contributed by atoms with Crippen LogP contribution in [0.25, 0.3) is 0 Å². The molecule has 13 heavy (non-hydrogen) atoms. The number of aryl methyl sites for hydroxylation is 1. The fourth-order valence-corrected chi connectivity index (χ4v) is 1.29. The van der Waals surface area contributed by atoms with Gasteiger partial charge >= 0.3 is 0 Å². The third kappa shape index (κ3) is 2.39. The summed E-state index contributed by atoms with van der Waals surface area (Å²) < 4.78 is 5.29. The van der Waals surface area contributed by atoms with Crippen molar-refractivity contribution in [1.29, 1.82) is 0 Å². The van der Waals surface area contributed by atoms with Crippen LogP contribution in [0.4, 0.5) is 0 Å². The number of carbonyl (C=O) groups is 1. The van der Waals surface area contributed by atoms with Gasteiger partial charge in [-0.1, -0.05) is 24.3 Å². The van der Waals surface area contributed by atoms with Gasteiger partial charge in [-0.2, -0.15) is 0 Å². The molecule has 0 fully saturated rings. The number of hydrogen-bond donors (Lipinski definition) is 0. The normalized spacial score (nSPS) is 12.5. The highest BCUT2D eigenvalue weighted by molar-refractivity contribution is 5.61. The maximum atomic E-state index is 10.7. The fourth-order valence-electron chi connectivity index (χ4n) is 1.29. The molecule has 0 radical (unpaired) electrons. The third-order valence-electron chi connectivity index (χ3n) is 1.96. The van der Waals surface area contributed by atoms with E-state index in [1.807, 2.05) is 38.1 Å². The highest BCUT2D eigenvalue weighted by atomic mass is 16.5. The monoisotopic (exact) mass is 178 g/mol. The Morgan fingerprint density at radius 2 is 2.15 bits per heavy atom. The van der Waals surface area contributed by atoms with E-state index in [0.29, 0.717) is 6.61 Å². The second-order valence-corrected chi connectivity index (χ2v) is 2.87. The standard InChI is InChI=1S/C11H14O2/c1-3-13-11(8-12)10-7-5-4-6-9(10)2/h4-8,11H,3H2,1-2H3/t11-/m0/s1. The minimum atomic E-state index is -0.411. The SMILES string of the molecule is CCO[C@@H](C=O)c1ccccc1C. The average Bonchev–Trinajstić information content (AvgIpc) is 2.16. The van der Waals surface area contributed by atoms with Gasteiger partial charge in [0, 0.05) is 6.61 Å². The molecule has 70 valence electrons. The zero-order chi connectivity index (χ0) is 9.68. The van der Waals surface area contributed by atoms with Crippen LogP contribution in [-0.2, 0) is 9.53 Å². The van der Waals surface area contributed by atoms with E-state index in [9.17, 15) is 4.79 Å². The van der Waals surface area contributed by atoms with Gasteiger partial charge in [-0.15, -0.1) is 0 Å². The first-order valence-corrected chi connectivity index (χ1v) is 4.42. The Morgan fingerprint density at radius 1 is 1.46 bits per heavy atom. The quantitative estimate of drug-likeness (QED) is 0.661. The minimum absolute atomic E-state index is 0.411. The lowest BCUT2D eigenvalue weighted by Crippen LogP contribution is -2.06. The van der Waals surface area contributed by atoms with Crippen LogP contribution in [0.3, 0.4) is 0 Å². The molecule has 0 aliphatic heterocycles. The molecule has 0 aromatic heterocycles. The van der Waals surface area contributed by atoms with Crippen LogP contribution in [-0.4, -0.2) is 12.9 Å². The van der Waals surface area contributed by atoms with E-state index in [1.165, 1.54) is 0 Å². The minimum Gasteiger partial charge on any atom is -0.366 e. The zero-order valence-electron chi connectivity index (χ0n) is 7.99. The molecular weight excluding hydrogens is 164 g/mol. The number of hydrogen-bond acceptors (Lipinski definition) is 2. The molecule has 1 atom stereocenters. The number of aldehydes is 1. The van der Waals surface area contributed by atoms with Crippen LogP contribution in [0, 0.1) is 6.92 Å². The van der Waals surface area contributed by atoms with E-state index in [0.717, 1.165) is 17.4 Å². The molecule has 0 aliphatic carbocycles. The predicted molar refractivity (Wildman–Crippen MR) is 51.6 cm³/mol. The molecule has 0 bridgehead atoms. The molecule has 0 spiro atoms. The van der Waals surface area contributed by atoms with Gasteiger partial charge in [0.05, 0.1) is 0 Å². The largest absolute Gasteiger partial charge is 0.366 e. The summed E-state index contributed by atoms with van der Waals surface area (Å²) in [7, 11) is 0. The molecule has 1 rings (SSSR count). The second kappa shape index (κ2) is 4.77. The van der Waals surface area contributed by atoms with E-state index >= 15 is 0 Å². The molecule has 0 heterocycles. The van der Waals surface area contributed by atoms with Gasteiger partial charge in [0.1, 0.15) is 6.10 Å². The number of carbonyl (C=O) groups excluding carboxylic acids is 1. The first-order chi connectivity index (χ1) is 6.29. The van der Waals surface area contributed by atoms with Gasteiger partial charge in [-0.05, 0) is 25.0 Å². The lowest BCUT2D eigenvalue weighted by molar-refractivity contribution is -0.118. The van der Waals surface area contributed by atoms with Gasteiger partial charge in [0.25, 0.3) is 0 Å². The Bertz CT molecular complexity index is 281. The summed E-state index contributed by atoms with van der Waals surface area (Å²) in [6.07, 6.45) is 0.428. The lowest BCUT2D eigenvalue weighted by atomic mass is 10.0. The molecule has 0 amide bonds. The van der Waals surface area contributed by atoms with Crippen molar-refractivity contribution in [2.45, 2.75) is 20.0 Å². The Morgan fingerprint density at radius 3 is 2.69 bits per heavy atom. The van der Waals surface area contributed by atoms with E-state index < -0.39 is 6.10 Å². The summed E-state index contributed by atoms with van der Waals surface area (Å²) in [4.78, 5) is 10.7.